The van der Waals surface area contributed by atoms with Crippen molar-refractivity contribution < 1.29 is 9.53 Å². The number of nitrogens with one attached hydrogen (secondary N) is 1. The van der Waals surface area contributed by atoms with Gasteiger partial charge in [-0.25, -0.2) is 0 Å². The zero-order valence-corrected chi connectivity index (χ0v) is 9.32. The van der Waals surface area contributed by atoms with Crippen molar-refractivity contribution in [2.24, 2.45) is 5.92 Å². The van der Waals surface area contributed by atoms with E-state index >= 15 is 0 Å². The maximum absolute atomic E-state index is 10.8. The average Bonchev–Trinajstić information content (AvgIpc) is 2.25. The number of amides is 1. The predicted molar refractivity (Wildman–Crippen MR) is 62.2 cm³/mol. The standard InChI is InChI=1S/C12H16N2O2/c1-8(15)14-6-9-4-10-5-11(13)2-3-12(10)16-7-9/h2-3,5,9H,4,6-7,13H2,1H3,(H,14,15). The van der Waals surface area contributed by atoms with E-state index in [0.29, 0.717) is 19.1 Å². The predicted octanol–water partition coefficient (Wildman–Crippen LogP) is 0.956. The first-order chi connectivity index (χ1) is 7.65. The number of hydrogen-bond donors (Lipinski definition) is 2. The van der Waals surface area contributed by atoms with Crippen LogP contribution in [0.5, 0.6) is 5.75 Å². The molecule has 1 aromatic rings. The summed E-state index contributed by atoms with van der Waals surface area (Å²) in [6.45, 7) is 2.83. The molecule has 0 saturated carbocycles. The number of ether oxygens (including phenoxy) is 1. The Bertz CT molecular complexity index is 404. The van der Waals surface area contributed by atoms with E-state index in [2.05, 4.69) is 5.32 Å². The van der Waals surface area contributed by atoms with Crippen molar-refractivity contribution in [1.82, 2.24) is 5.32 Å². The van der Waals surface area contributed by atoms with Gasteiger partial charge in [-0.15, -0.1) is 0 Å². The maximum Gasteiger partial charge on any atom is 0.216 e. The van der Waals surface area contributed by atoms with Gasteiger partial charge in [-0.05, 0) is 30.2 Å². The summed E-state index contributed by atoms with van der Waals surface area (Å²) in [5, 5.41) is 2.81. The van der Waals surface area contributed by atoms with E-state index in [9.17, 15) is 4.79 Å². The molecular weight excluding hydrogens is 204 g/mol. The van der Waals surface area contributed by atoms with Gasteiger partial charge in [0.05, 0.1) is 6.61 Å². The van der Waals surface area contributed by atoms with Crippen LogP contribution in [0.2, 0.25) is 0 Å². The summed E-state index contributed by atoms with van der Waals surface area (Å²) in [5.74, 6) is 1.24. The van der Waals surface area contributed by atoms with Crippen molar-refractivity contribution in [3.63, 3.8) is 0 Å². The summed E-state index contributed by atoms with van der Waals surface area (Å²) >= 11 is 0. The molecule has 16 heavy (non-hydrogen) atoms. The second-order valence-electron chi connectivity index (χ2n) is 4.19. The van der Waals surface area contributed by atoms with Crippen molar-refractivity contribution in [2.45, 2.75) is 13.3 Å². The Morgan fingerprint density at radius 2 is 2.44 bits per heavy atom. The summed E-state index contributed by atoms with van der Waals surface area (Å²) < 4.78 is 5.62. The van der Waals surface area contributed by atoms with Crippen LogP contribution in [0.1, 0.15) is 12.5 Å². The minimum Gasteiger partial charge on any atom is -0.493 e. The lowest BCUT2D eigenvalue weighted by Crippen LogP contribution is -2.33. The van der Waals surface area contributed by atoms with Gasteiger partial charge in [-0.2, -0.15) is 0 Å². The Hall–Kier alpha value is -1.71. The third-order valence-electron chi connectivity index (χ3n) is 2.71. The number of fused-ring (bicyclic) bond motifs is 1. The van der Waals surface area contributed by atoms with E-state index in [-0.39, 0.29) is 5.91 Å². The Kier molecular flexibility index (Phi) is 2.99. The molecule has 0 spiro atoms. The monoisotopic (exact) mass is 220 g/mol. The summed E-state index contributed by atoms with van der Waals surface area (Å²) in [5.41, 5.74) is 7.60. The number of nitrogens with two attached hydrogens (primary N) is 1. The van der Waals surface area contributed by atoms with Gasteiger partial charge in [-0.3, -0.25) is 4.79 Å². The number of rotatable bonds is 2. The van der Waals surface area contributed by atoms with E-state index in [1.54, 1.807) is 0 Å². The molecule has 0 saturated heterocycles. The van der Waals surface area contributed by atoms with Crippen LogP contribution in [0.15, 0.2) is 18.2 Å². The maximum atomic E-state index is 10.8. The minimum absolute atomic E-state index is 0.00151. The fraction of sp³-hybridized carbons (Fsp3) is 0.417. The van der Waals surface area contributed by atoms with Crippen LogP contribution < -0.4 is 15.8 Å². The summed E-state index contributed by atoms with van der Waals surface area (Å²) in [4.78, 5) is 10.8. The molecule has 0 aliphatic carbocycles. The number of carbonyl (C=O) groups is 1. The Balaban J connectivity index is 2.02. The molecule has 0 aromatic heterocycles. The molecule has 4 nitrogen and oxygen atoms in total. The van der Waals surface area contributed by atoms with Gasteiger partial charge in [-0.1, -0.05) is 0 Å². The summed E-state index contributed by atoms with van der Waals surface area (Å²) in [7, 11) is 0. The molecule has 2 rings (SSSR count). The van der Waals surface area contributed by atoms with Crippen molar-refractivity contribution in [1.29, 1.82) is 0 Å². The zero-order chi connectivity index (χ0) is 11.5. The fourth-order valence-electron chi connectivity index (χ4n) is 1.90. The van der Waals surface area contributed by atoms with Crippen molar-refractivity contribution in [3.05, 3.63) is 23.8 Å². The number of benzene rings is 1. The average molecular weight is 220 g/mol. The van der Waals surface area contributed by atoms with Gasteiger partial charge in [0.1, 0.15) is 5.75 Å². The first-order valence-corrected chi connectivity index (χ1v) is 5.41. The van der Waals surface area contributed by atoms with Crippen LogP contribution in [0, 0.1) is 5.92 Å². The Morgan fingerprint density at radius 1 is 1.62 bits per heavy atom. The summed E-state index contributed by atoms with van der Waals surface area (Å²) in [6, 6.07) is 5.68. The van der Waals surface area contributed by atoms with Gasteiger partial charge in [0.2, 0.25) is 5.91 Å². The highest BCUT2D eigenvalue weighted by atomic mass is 16.5. The fourth-order valence-corrected chi connectivity index (χ4v) is 1.90. The SMILES string of the molecule is CC(=O)NCC1COc2ccc(N)cc2C1. The van der Waals surface area contributed by atoms with Gasteiger partial charge < -0.3 is 15.8 Å². The van der Waals surface area contributed by atoms with Gasteiger partial charge in [0.15, 0.2) is 0 Å². The lowest BCUT2D eigenvalue weighted by molar-refractivity contribution is -0.119. The lowest BCUT2D eigenvalue weighted by atomic mass is 9.96. The first kappa shape index (κ1) is 10.8. The second-order valence-corrected chi connectivity index (χ2v) is 4.19. The third kappa shape index (κ3) is 2.45. The van der Waals surface area contributed by atoms with Crippen LogP contribution >= 0.6 is 0 Å². The third-order valence-corrected chi connectivity index (χ3v) is 2.71. The van der Waals surface area contributed by atoms with Crippen molar-refractivity contribution in [2.75, 3.05) is 18.9 Å². The van der Waals surface area contributed by atoms with Crippen LogP contribution in [0.4, 0.5) is 5.69 Å². The van der Waals surface area contributed by atoms with Gasteiger partial charge in [0, 0.05) is 25.1 Å². The van der Waals surface area contributed by atoms with E-state index < -0.39 is 0 Å². The molecule has 3 N–H and O–H groups in total. The molecule has 86 valence electrons. The number of anilines is 1. The molecular formula is C12H16N2O2. The second kappa shape index (κ2) is 4.43. The highest BCUT2D eigenvalue weighted by molar-refractivity contribution is 5.72. The van der Waals surface area contributed by atoms with Gasteiger partial charge >= 0.3 is 0 Å². The lowest BCUT2D eigenvalue weighted by Gasteiger charge is -2.25. The Labute approximate surface area is 94.8 Å². The van der Waals surface area contributed by atoms with E-state index in [1.807, 2.05) is 18.2 Å². The van der Waals surface area contributed by atoms with Crippen LogP contribution in [-0.2, 0) is 11.2 Å². The molecule has 1 unspecified atom stereocenters. The highest BCUT2D eigenvalue weighted by Gasteiger charge is 2.19. The van der Waals surface area contributed by atoms with Crippen LogP contribution in [0.3, 0.4) is 0 Å². The smallest absolute Gasteiger partial charge is 0.216 e. The molecule has 1 atom stereocenters. The molecule has 0 bridgehead atoms. The molecule has 0 radical (unpaired) electrons. The van der Waals surface area contributed by atoms with Crippen molar-refractivity contribution in [3.8, 4) is 5.75 Å². The molecule has 1 heterocycles. The topological polar surface area (TPSA) is 64.3 Å². The molecule has 1 aromatic carbocycles. The normalized spacial score (nSPS) is 18.4. The van der Waals surface area contributed by atoms with Crippen molar-refractivity contribution >= 4 is 11.6 Å². The molecule has 4 heteroatoms. The minimum atomic E-state index is -0.00151. The molecule has 0 fully saturated rings. The van der Waals surface area contributed by atoms with Crippen LogP contribution in [-0.4, -0.2) is 19.1 Å². The quantitative estimate of drug-likeness (QED) is 0.729. The number of hydrogen-bond acceptors (Lipinski definition) is 3. The number of nitrogen functional groups attached to an aromatic ring is 1. The Morgan fingerprint density at radius 3 is 3.19 bits per heavy atom. The van der Waals surface area contributed by atoms with E-state index in [1.165, 1.54) is 6.92 Å². The van der Waals surface area contributed by atoms with E-state index in [0.717, 1.165) is 23.4 Å². The molecule has 1 aliphatic heterocycles. The van der Waals surface area contributed by atoms with Crippen LogP contribution in [0.25, 0.3) is 0 Å². The molecule has 1 aliphatic rings. The molecule has 1 amide bonds. The first-order valence-electron chi connectivity index (χ1n) is 5.41. The van der Waals surface area contributed by atoms with E-state index in [4.69, 9.17) is 10.5 Å². The van der Waals surface area contributed by atoms with Gasteiger partial charge in [0.25, 0.3) is 0 Å². The number of carbonyl (C=O) groups excluding carboxylic acids is 1. The highest BCUT2D eigenvalue weighted by Crippen LogP contribution is 2.28. The zero-order valence-electron chi connectivity index (χ0n) is 9.32. The summed E-state index contributed by atoms with van der Waals surface area (Å²) in [6.07, 6.45) is 0.903. The largest absolute Gasteiger partial charge is 0.493 e.